The first kappa shape index (κ1) is 6.52. The summed E-state index contributed by atoms with van der Waals surface area (Å²) in [4.78, 5) is 19.7. The Morgan fingerprint density at radius 3 is 1.50 bits per heavy atom. The third kappa shape index (κ3) is 0.900. The minimum atomic E-state index is -0.667. The van der Waals surface area contributed by atoms with Crippen molar-refractivity contribution < 1.29 is 10.1 Å². The maximum atomic E-state index is 9.83. The van der Waals surface area contributed by atoms with Crippen molar-refractivity contribution in [3.8, 4) is 0 Å². The van der Waals surface area contributed by atoms with Crippen LogP contribution < -0.4 is 0 Å². The highest BCUT2D eigenvalue weighted by Gasteiger charge is 2.38. The Balaban J connectivity index is 2.31. The molecular formula is C2H4N4O4. The van der Waals surface area contributed by atoms with Gasteiger partial charge in [0.25, 0.3) is 0 Å². The SMILES string of the molecule is O=[N+]([O-])N1CN([N+](=O)[O-])C1. The van der Waals surface area contributed by atoms with E-state index in [4.69, 9.17) is 0 Å². The Hall–Kier alpha value is -1.60. The quantitative estimate of drug-likeness (QED) is 0.364. The zero-order chi connectivity index (χ0) is 7.72. The second-order valence-corrected chi connectivity index (χ2v) is 1.77. The Kier molecular flexibility index (Phi) is 1.29. The molecule has 0 spiro atoms. The number of nitrogens with zero attached hydrogens (tertiary/aromatic N) is 4. The molecule has 1 rings (SSSR count). The van der Waals surface area contributed by atoms with E-state index in [0.717, 1.165) is 10.0 Å². The minimum Gasteiger partial charge on any atom is -0.235 e. The van der Waals surface area contributed by atoms with Crippen molar-refractivity contribution in [2.45, 2.75) is 0 Å². The first-order chi connectivity index (χ1) is 4.61. The van der Waals surface area contributed by atoms with Gasteiger partial charge in [0.15, 0.2) is 10.1 Å². The molecule has 0 aliphatic carbocycles. The van der Waals surface area contributed by atoms with Crippen molar-refractivity contribution in [3.05, 3.63) is 20.2 Å². The van der Waals surface area contributed by atoms with Crippen LogP contribution in [0.15, 0.2) is 0 Å². The van der Waals surface area contributed by atoms with Gasteiger partial charge in [-0.05, 0) is 0 Å². The molecule has 0 aromatic carbocycles. The van der Waals surface area contributed by atoms with Crippen LogP contribution in [0.3, 0.4) is 0 Å². The van der Waals surface area contributed by atoms with Gasteiger partial charge in [0.05, 0.1) is 0 Å². The Morgan fingerprint density at radius 1 is 1.00 bits per heavy atom. The number of hydrogen-bond donors (Lipinski definition) is 0. The lowest BCUT2D eigenvalue weighted by Crippen LogP contribution is -2.59. The standard InChI is InChI=1S/C2H4N4O4/c7-5(8)3-1-4(2-3)6(9)10/h1-2H2. The molecule has 8 heteroatoms. The predicted molar refractivity (Wildman–Crippen MR) is 27.4 cm³/mol. The van der Waals surface area contributed by atoms with Crippen molar-refractivity contribution in [1.82, 2.24) is 10.0 Å². The molecule has 0 aromatic heterocycles. The second-order valence-electron chi connectivity index (χ2n) is 1.77. The number of rotatable bonds is 2. The molecule has 1 aliphatic heterocycles. The van der Waals surface area contributed by atoms with Crippen molar-refractivity contribution in [2.24, 2.45) is 0 Å². The summed E-state index contributed by atoms with van der Waals surface area (Å²) in [6.07, 6.45) is 0. The zero-order valence-electron chi connectivity index (χ0n) is 4.84. The molecule has 0 unspecified atom stereocenters. The Morgan fingerprint density at radius 2 is 1.30 bits per heavy atom. The summed E-state index contributed by atoms with van der Waals surface area (Å²) in [5.41, 5.74) is 0. The molecular weight excluding hydrogens is 144 g/mol. The summed E-state index contributed by atoms with van der Waals surface area (Å²) in [6.45, 7) is -0.472. The van der Waals surface area contributed by atoms with Gasteiger partial charge in [0, 0.05) is 0 Å². The fraction of sp³-hybridized carbons (Fsp3) is 1.00. The molecule has 56 valence electrons. The molecule has 10 heavy (non-hydrogen) atoms. The average Bonchev–Trinajstić information content (AvgIpc) is 1.56. The summed E-state index contributed by atoms with van der Waals surface area (Å²) in [5, 5.41) is 19.8. The molecule has 0 saturated carbocycles. The molecule has 0 radical (unpaired) electrons. The maximum absolute atomic E-state index is 9.83. The van der Waals surface area contributed by atoms with Crippen molar-refractivity contribution >= 4 is 0 Å². The molecule has 1 heterocycles. The summed E-state index contributed by atoms with van der Waals surface area (Å²) in [5.74, 6) is 0. The van der Waals surface area contributed by atoms with E-state index >= 15 is 0 Å². The molecule has 1 fully saturated rings. The van der Waals surface area contributed by atoms with Crippen molar-refractivity contribution in [1.29, 1.82) is 0 Å². The van der Waals surface area contributed by atoms with Crippen LogP contribution in [-0.2, 0) is 0 Å². The fourth-order valence-electron chi connectivity index (χ4n) is 0.542. The Bertz CT molecular complexity index is 156. The summed E-state index contributed by atoms with van der Waals surface area (Å²) >= 11 is 0. The Labute approximate surface area is 54.9 Å². The molecule has 0 amide bonds. The van der Waals surface area contributed by atoms with Crippen LogP contribution in [0.25, 0.3) is 0 Å². The van der Waals surface area contributed by atoms with Crippen LogP contribution in [0, 0.1) is 20.2 Å². The van der Waals surface area contributed by atoms with Gasteiger partial charge in [-0.2, -0.15) is 0 Å². The van der Waals surface area contributed by atoms with Gasteiger partial charge in [-0.1, -0.05) is 10.0 Å². The van der Waals surface area contributed by atoms with Gasteiger partial charge in [-0.25, -0.2) is 20.2 Å². The molecule has 0 aromatic rings. The van der Waals surface area contributed by atoms with Crippen molar-refractivity contribution in [3.63, 3.8) is 0 Å². The number of hydrazine groups is 2. The summed E-state index contributed by atoms with van der Waals surface area (Å²) < 4.78 is 0. The number of nitro groups is 2. The van der Waals surface area contributed by atoms with Gasteiger partial charge >= 0.3 is 0 Å². The van der Waals surface area contributed by atoms with Crippen LogP contribution in [0.5, 0.6) is 0 Å². The smallest absolute Gasteiger partial charge is 0.212 e. The number of hydrogen-bond acceptors (Lipinski definition) is 4. The van der Waals surface area contributed by atoms with Crippen LogP contribution in [-0.4, -0.2) is 33.4 Å². The molecule has 0 N–H and O–H groups in total. The van der Waals surface area contributed by atoms with Crippen LogP contribution in [0.1, 0.15) is 0 Å². The molecule has 1 aliphatic rings. The van der Waals surface area contributed by atoms with E-state index < -0.39 is 10.1 Å². The highest BCUT2D eigenvalue weighted by molar-refractivity contribution is 4.49. The molecule has 8 nitrogen and oxygen atoms in total. The fourth-order valence-corrected chi connectivity index (χ4v) is 0.542. The highest BCUT2D eigenvalue weighted by atomic mass is 16.7. The van der Waals surface area contributed by atoms with Gasteiger partial charge in [-0.15, -0.1) is 0 Å². The monoisotopic (exact) mass is 148 g/mol. The first-order valence-corrected chi connectivity index (χ1v) is 2.40. The lowest BCUT2D eigenvalue weighted by molar-refractivity contribution is -0.775. The first-order valence-electron chi connectivity index (χ1n) is 2.40. The largest absolute Gasteiger partial charge is 0.235 e. The highest BCUT2D eigenvalue weighted by Crippen LogP contribution is 2.06. The normalized spacial score (nSPS) is 16.4. The lowest BCUT2D eigenvalue weighted by atomic mass is 10.7. The molecule has 0 atom stereocenters. The maximum Gasteiger partial charge on any atom is 0.212 e. The van der Waals surface area contributed by atoms with Crippen LogP contribution in [0.2, 0.25) is 0 Å². The third-order valence-electron chi connectivity index (χ3n) is 1.11. The topological polar surface area (TPSA) is 92.8 Å². The van der Waals surface area contributed by atoms with E-state index in [-0.39, 0.29) is 13.3 Å². The lowest BCUT2D eigenvalue weighted by Gasteiger charge is -2.27. The van der Waals surface area contributed by atoms with E-state index in [0.29, 0.717) is 0 Å². The van der Waals surface area contributed by atoms with E-state index in [9.17, 15) is 20.2 Å². The van der Waals surface area contributed by atoms with Gasteiger partial charge in [-0.3, -0.25) is 0 Å². The summed E-state index contributed by atoms with van der Waals surface area (Å²) in [6, 6.07) is 0. The minimum absolute atomic E-state index is 0.236. The van der Waals surface area contributed by atoms with E-state index in [1.54, 1.807) is 0 Å². The third-order valence-corrected chi connectivity index (χ3v) is 1.11. The van der Waals surface area contributed by atoms with E-state index in [1.807, 2.05) is 0 Å². The molecule has 0 bridgehead atoms. The van der Waals surface area contributed by atoms with Crippen LogP contribution in [0.4, 0.5) is 0 Å². The van der Waals surface area contributed by atoms with Gasteiger partial charge in [0.1, 0.15) is 0 Å². The second kappa shape index (κ2) is 1.97. The van der Waals surface area contributed by atoms with Crippen LogP contribution >= 0.6 is 0 Å². The van der Waals surface area contributed by atoms with Gasteiger partial charge < -0.3 is 0 Å². The molecule has 1 saturated heterocycles. The average molecular weight is 148 g/mol. The zero-order valence-corrected chi connectivity index (χ0v) is 4.84. The van der Waals surface area contributed by atoms with Gasteiger partial charge in [0.2, 0.25) is 13.3 Å². The predicted octanol–water partition coefficient (Wildman–Crippen LogP) is -1.10. The summed E-state index contributed by atoms with van der Waals surface area (Å²) in [7, 11) is 0. The van der Waals surface area contributed by atoms with E-state index in [1.165, 1.54) is 0 Å². The van der Waals surface area contributed by atoms with Crippen molar-refractivity contribution in [2.75, 3.05) is 13.3 Å². The van der Waals surface area contributed by atoms with E-state index in [2.05, 4.69) is 0 Å².